The maximum Gasteiger partial charge on any atom is 0.136 e. The molecule has 2 aliphatic heterocycles. The average Bonchev–Trinajstić information content (AvgIpc) is 2.42. The van der Waals surface area contributed by atoms with E-state index in [2.05, 4.69) is 4.90 Å². The Kier molecular flexibility index (Phi) is 3.19. The Morgan fingerprint density at radius 2 is 2.00 bits per heavy atom. The van der Waals surface area contributed by atoms with Crippen LogP contribution in [0.15, 0.2) is 0 Å². The van der Waals surface area contributed by atoms with E-state index in [0.29, 0.717) is 17.9 Å². The van der Waals surface area contributed by atoms with Crippen LogP contribution in [-0.4, -0.2) is 42.5 Å². The molecule has 0 aromatic rings. The van der Waals surface area contributed by atoms with Gasteiger partial charge in [0.15, 0.2) is 0 Å². The molecule has 0 saturated carbocycles. The zero-order valence-electron chi connectivity index (χ0n) is 8.87. The monoisotopic (exact) mass is 197 g/mol. The molecule has 0 aliphatic carbocycles. The number of hydrogen-bond donors (Lipinski definition) is 0. The summed E-state index contributed by atoms with van der Waals surface area (Å²) in [5.41, 5.74) is 0. The van der Waals surface area contributed by atoms with Crippen LogP contribution in [0, 0.1) is 0 Å². The topological polar surface area (TPSA) is 29.5 Å². The second-order valence-corrected chi connectivity index (χ2v) is 4.27. The average molecular weight is 197 g/mol. The van der Waals surface area contributed by atoms with Crippen molar-refractivity contribution in [1.82, 2.24) is 4.90 Å². The van der Waals surface area contributed by atoms with E-state index in [4.69, 9.17) is 4.74 Å². The van der Waals surface area contributed by atoms with E-state index in [1.54, 1.807) is 0 Å². The van der Waals surface area contributed by atoms with Crippen molar-refractivity contribution in [3.05, 3.63) is 0 Å². The smallest absolute Gasteiger partial charge is 0.136 e. The molecule has 2 bridgehead atoms. The number of nitrogens with zero attached hydrogens (tertiary/aromatic N) is 1. The molecule has 0 aromatic heterocycles. The van der Waals surface area contributed by atoms with Crippen LogP contribution in [0.4, 0.5) is 0 Å². The summed E-state index contributed by atoms with van der Waals surface area (Å²) in [4.78, 5) is 13.8. The van der Waals surface area contributed by atoms with Crippen LogP contribution in [0.3, 0.4) is 0 Å². The first kappa shape index (κ1) is 10.1. The molecule has 0 N–H and O–H groups in total. The summed E-state index contributed by atoms with van der Waals surface area (Å²) < 4.78 is 5.36. The van der Waals surface area contributed by atoms with Crippen molar-refractivity contribution < 1.29 is 9.53 Å². The minimum Gasteiger partial charge on any atom is -0.380 e. The van der Waals surface area contributed by atoms with Gasteiger partial charge in [-0.2, -0.15) is 0 Å². The quantitative estimate of drug-likeness (QED) is 0.635. The molecule has 2 rings (SSSR count). The highest BCUT2D eigenvalue weighted by atomic mass is 16.5. The van der Waals surface area contributed by atoms with E-state index in [-0.39, 0.29) is 0 Å². The summed E-state index contributed by atoms with van der Waals surface area (Å²) in [5.74, 6) is 0.463. The lowest BCUT2D eigenvalue weighted by molar-refractivity contribution is -0.123. The minimum atomic E-state index is 0.463. The summed E-state index contributed by atoms with van der Waals surface area (Å²) in [7, 11) is 0. The second-order valence-electron chi connectivity index (χ2n) is 4.27. The van der Waals surface area contributed by atoms with Crippen molar-refractivity contribution in [3.63, 3.8) is 0 Å². The molecule has 0 amide bonds. The van der Waals surface area contributed by atoms with Crippen LogP contribution in [0.2, 0.25) is 0 Å². The number of rotatable bonds is 4. The van der Waals surface area contributed by atoms with Gasteiger partial charge in [-0.25, -0.2) is 0 Å². The first-order chi connectivity index (χ1) is 6.81. The molecule has 2 heterocycles. The zero-order valence-corrected chi connectivity index (χ0v) is 8.87. The fourth-order valence-corrected chi connectivity index (χ4v) is 2.74. The van der Waals surface area contributed by atoms with Crippen LogP contribution < -0.4 is 0 Å². The maximum absolute atomic E-state index is 11.3. The van der Waals surface area contributed by atoms with E-state index in [1.165, 1.54) is 12.8 Å². The predicted molar refractivity (Wildman–Crippen MR) is 54.3 cm³/mol. The van der Waals surface area contributed by atoms with Gasteiger partial charge < -0.3 is 4.74 Å². The highest BCUT2D eigenvalue weighted by Gasteiger charge is 2.39. The third kappa shape index (κ3) is 1.98. The van der Waals surface area contributed by atoms with Gasteiger partial charge in [-0.05, 0) is 19.8 Å². The van der Waals surface area contributed by atoms with Crippen molar-refractivity contribution in [2.45, 2.75) is 44.7 Å². The zero-order chi connectivity index (χ0) is 9.97. The molecule has 14 heavy (non-hydrogen) atoms. The summed E-state index contributed by atoms with van der Waals surface area (Å²) in [6, 6.07) is 1.06. The van der Waals surface area contributed by atoms with Gasteiger partial charge in [0.05, 0.1) is 6.61 Å². The standard InChI is InChI=1S/C11H19NO2/c1-2-14-6-5-12-9-3-4-10(12)8-11(13)7-9/h9-10H,2-8H2,1H3. The van der Waals surface area contributed by atoms with Crippen molar-refractivity contribution in [1.29, 1.82) is 0 Å². The van der Waals surface area contributed by atoms with Gasteiger partial charge in [0.2, 0.25) is 0 Å². The first-order valence-electron chi connectivity index (χ1n) is 5.66. The van der Waals surface area contributed by atoms with Gasteiger partial charge in [-0.3, -0.25) is 9.69 Å². The third-order valence-corrected chi connectivity index (χ3v) is 3.40. The molecule has 3 heteroatoms. The molecule has 2 saturated heterocycles. The van der Waals surface area contributed by atoms with Crippen LogP contribution in [0.5, 0.6) is 0 Å². The van der Waals surface area contributed by atoms with Crippen molar-refractivity contribution >= 4 is 5.78 Å². The van der Waals surface area contributed by atoms with E-state index < -0.39 is 0 Å². The van der Waals surface area contributed by atoms with Crippen molar-refractivity contribution in [3.8, 4) is 0 Å². The van der Waals surface area contributed by atoms with Gasteiger partial charge in [-0.1, -0.05) is 0 Å². The Hall–Kier alpha value is -0.410. The SMILES string of the molecule is CCOCCN1C2CCC1CC(=O)C2. The first-order valence-corrected chi connectivity index (χ1v) is 5.66. The summed E-state index contributed by atoms with van der Waals surface area (Å²) in [6.45, 7) is 4.64. The maximum atomic E-state index is 11.3. The lowest BCUT2D eigenvalue weighted by Gasteiger charge is -2.33. The fourth-order valence-electron chi connectivity index (χ4n) is 2.74. The molecular formula is C11H19NO2. The molecule has 2 fully saturated rings. The summed E-state index contributed by atoms with van der Waals surface area (Å²) in [6.07, 6.45) is 3.98. The number of carbonyl (C=O) groups is 1. The Bertz CT molecular complexity index is 201. The lowest BCUT2D eigenvalue weighted by Crippen LogP contribution is -2.44. The van der Waals surface area contributed by atoms with Crippen LogP contribution in [-0.2, 0) is 9.53 Å². The molecule has 0 radical (unpaired) electrons. The van der Waals surface area contributed by atoms with E-state index in [9.17, 15) is 4.79 Å². The van der Waals surface area contributed by atoms with E-state index in [1.807, 2.05) is 6.92 Å². The number of ketones is 1. The second kappa shape index (κ2) is 4.41. The Labute approximate surface area is 85.4 Å². The fraction of sp³-hybridized carbons (Fsp3) is 0.909. The number of fused-ring (bicyclic) bond motifs is 2. The number of Topliss-reactive ketones (excluding diaryl/α,β-unsaturated/α-hetero) is 1. The molecular weight excluding hydrogens is 178 g/mol. The Balaban J connectivity index is 1.84. The predicted octanol–water partition coefficient (Wildman–Crippen LogP) is 1.22. The van der Waals surface area contributed by atoms with Crippen LogP contribution in [0.25, 0.3) is 0 Å². The molecule has 80 valence electrons. The van der Waals surface area contributed by atoms with E-state index >= 15 is 0 Å². The Morgan fingerprint density at radius 1 is 1.36 bits per heavy atom. The summed E-state index contributed by atoms with van der Waals surface area (Å²) in [5, 5.41) is 0. The number of piperidine rings is 1. The van der Waals surface area contributed by atoms with E-state index in [0.717, 1.165) is 32.6 Å². The van der Waals surface area contributed by atoms with Crippen molar-refractivity contribution in [2.24, 2.45) is 0 Å². The Morgan fingerprint density at radius 3 is 2.57 bits per heavy atom. The number of hydrogen-bond acceptors (Lipinski definition) is 3. The molecule has 0 aromatic carbocycles. The van der Waals surface area contributed by atoms with Gasteiger partial charge in [-0.15, -0.1) is 0 Å². The molecule has 0 spiro atoms. The van der Waals surface area contributed by atoms with Crippen LogP contribution >= 0.6 is 0 Å². The molecule has 2 atom stereocenters. The van der Waals surface area contributed by atoms with Gasteiger partial charge >= 0.3 is 0 Å². The molecule has 3 nitrogen and oxygen atoms in total. The summed E-state index contributed by atoms with van der Waals surface area (Å²) >= 11 is 0. The van der Waals surface area contributed by atoms with Crippen LogP contribution in [0.1, 0.15) is 32.6 Å². The number of carbonyl (C=O) groups excluding carboxylic acids is 1. The molecule has 2 unspecified atom stereocenters. The molecule has 2 aliphatic rings. The normalized spacial score (nSPS) is 32.5. The third-order valence-electron chi connectivity index (χ3n) is 3.40. The van der Waals surface area contributed by atoms with Crippen molar-refractivity contribution in [2.75, 3.05) is 19.8 Å². The number of ether oxygens (including phenoxy) is 1. The largest absolute Gasteiger partial charge is 0.380 e. The lowest BCUT2D eigenvalue weighted by atomic mass is 10.0. The highest BCUT2D eigenvalue weighted by molar-refractivity contribution is 5.80. The highest BCUT2D eigenvalue weighted by Crippen LogP contribution is 2.33. The van der Waals surface area contributed by atoms with Gasteiger partial charge in [0.25, 0.3) is 0 Å². The van der Waals surface area contributed by atoms with Gasteiger partial charge in [0, 0.05) is 38.1 Å². The minimum absolute atomic E-state index is 0.463. The van der Waals surface area contributed by atoms with Gasteiger partial charge in [0.1, 0.15) is 5.78 Å².